The van der Waals surface area contributed by atoms with Crippen molar-refractivity contribution in [2.24, 2.45) is 0 Å². The third kappa shape index (κ3) is 6.81. The van der Waals surface area contributed by atoms with Gasteiger partial charge in [0.05, 0.1) is 5.38 Å². The van der Waals surface area contributed by atoms with E-state index in [-0.39, 0.29) is 0 Å². The largest absolute Gasteiger partial charge is 0.224 e. The summed E-state index contributed by atoms with van der Waals surface area (Å²) >= 11 is 1.73. The van der Waals surface area contributed by atoms with Gasteiger partial charge in [-0.25, -0.2) is 87.8 Å². The van der Waals surface area contributed by atoms with Gasteiger partial charge < -0.3 is 0 Å². The molecule has 0 saturated carbocycles. The Morgan fingerprint density at radius 2 is 0.656 bits per heavy atom. The van der Waals surface area contributed by atoms with Gasteiger partial charge in [-0.15, -0.1) is 21.9 Å². The Balaban J connectivity index is 0.000000321. The zero-order valence-corrected chi connectivity index (χ0v) is 29.8. The molecule has 1 nitrogen and oxygen atoms in total. The van der Waals surface area contributed by atoms with Crippen LogP contribution >= 0.6 is 11.3 Å². The Bertz CT molecular complexity index is 2520. The summed E-state index contributed by atoms with van der Waals surface area (Å²) in [4.78, 5) is 0. The van der Waals surface area contributed by atoms with E-state index in [1.807, 2.05) is 0 Å². The molecule has 0 amide bonds. The van der Waals surface area contributed by atoms with Gasteiger partial charge in [0.1, 0.15) is 52.7 Å². The van der Waals surface area contributed by atoms with Crippen LogP contribution in [0, 0.1) is 116 Å². The fourth-order valence-corrected chi connectivity index (χ4v) is 7.45. The van der Waals surface area contributed by atoms with Gasteiger partial charge in [0.2, 0.25) is 5.51 Å². The summed E-state index contributed by atoms with van der Waals surface area (Å²) in [6, 6.07) is 15.0. The maximum Gasteiger partial charge on any atom is 0.224 e. The Kier molecular flexibility index (Phi) is 11.9. The molecule has 0 aliphatic heterocycles. The molecular formula is C38H12BF20NS. The molecule has 0 radical (unpaired) electrons. The fourth-order valence-electron chi connectivity index (χ4n) is 6.85. The number of aromatic nitrogens is 1. The lowest BCUT2D eigenvalue weighted by molar-refractivity contribution is -0.683. The van der Waals surface area contributed by atoms with Crippen molar-refractivity contribution in [3.63, 3.8) is 0 Å². The van der Waals surface area contributed by atoms with E-state index in [9.17, 15) is 52.7 Å². The molecule has 6 aromatic carbocycles. The second kappa shape index (κ2) is 16.4. The first-order valence-electron chi connectivity index (χ1n) is 16.2. The highest BCUT2D eigenvalue weighted by Gasteiger charge is 2.52. The number of rotatable bonds is 6. The molecule has 0 saturated heterocycles. The number of benzene rings is 6. The summed E-state index contributed by atoms with van der Waals surface area (Å²) in [5.74, 6) is -71.4. The van der Waals surface area contributed by atoms with Crippen LogP contribution in [-0.2, 0) is 6.54 Å². The van der Waals surface area contributed by atoms with Crippen LogP contribution in [-0.4, -0.2) is 6.15 Å². The number of nitrogens with zero attached hydrogens (tertiary/aromatic N) is 1. The number of halogens is 20. The average Bonchev–Trinajstić information content (AvgIpc) is 3.77. The third-order valence-electron chi connectivity index (χ3n) is 9.47. The summed E-state index contributed by atoms with van der Waals surface area (Å²) in [7, 11) is 0. The van der Waals surface area contributed by atoms with Crippen molar-refractivity contribution in [2.45, 2.75) is 6.54 Å². The van der Waals surface area contributed by atoms with Crippen LogP contribution in [0.25, 0.3) is 10.8 Å². The lowest BCUT2D eigenvalue weighted by Crippen LogP contribution is -2.81. The van der Waals surface area contributed by atoms with E-state index in [0.717, 1.165) is 6.54 Å². The van der Waals surface area contributed by atoms with Crippen LogP contribution in [0.15, 0.2) is 59.6 Å². The third-order valence-corrected chi connectivity index (χ3v) is 10.1. The van der Waals surface area contributed by atoms with Crippen LogP contribution in [0.1, 0.15) is 5.56 Å². The molecule has 61 heavy (non-hydrogen) atoms. The second-order valence-corrected chi connectivity index (χ2v) is 13.4. The molecule has 23 heteroatoms. The molecule has 7 aromatic rings. The predicted molar refractivity (Wildman–Crippen MR) is 177 cm³/mol. The van der Waals surface area contributed by atoms with E-state index < -0.39 is 144 Å². The second-order valence-electron chi connectivity index (χ2n) is 12.6. The van der Waals surface area contributed by atoms with E-state index in [1.165, 1.54) is 16.3 Å². The molecule has 0 spiro atoms. The number of fused-ring (bicyclic) bond motifs is 1. The molecule has 0 bridgehead atoms. The van der Waals surface area contributed by atoms with E-state index in [0.29, 0.717) is 0 Å². The molecule has 0 unspecified atom stereocenters. The molecule has 0 N–H and O–H groups in total. The molecule has 0 atom stereocenters. The van der Waals surface area contributed by atoms with Gasteiger partial charge in [0.15, 0.2) is 82.5 Å². The molecule has 1 aromatic heterocycles. The quantitative estimate of drug-likeness (QED) is 0.0516. The number of hydrogen-bond acceptors (Lipinski definition) is 1. The van der Waals surface area contributed by atoms with Crippen molar-refractivity contribution in [3.8, 4) is 0 Å². The minimum Gasteiger partial charge on any atom is -0.207 e. The molecular weight excluding hydrogens is 893 g/mol. The first kappa shape index (κ1) is 44.4. The highest BCUT2D eigenvalue weighted by atomic mass is 32.1. The summed E-state index contributed by atoms with van der Waals surface area (Å²) < 4.78 is 296. The maximum atomic E-state index is 15.4. The van der Waals surface area contributed by atoms with Crippen molar-refractivity contribution in [3.05, 3.63) is 181 Å². The normalized spacial score (nSPS) is 11.7. The SMILES string of the molecule is Fc1c(F)c(F)c([B-](c2c(F)c(F)c(F)c(F)c2F)(c2c(F)c(F)c(F)c(F)c2F)c2c(F)c(F)c(F)c(F)c2F)c(F)c1F.c1ccc2c(C[n+]3ccsc3)cccc2c1. The summed E-state index contributed by atoms with van der Waals surface area (Å²) in [5.41, 5.74) is -10.8. The Labute approximate surface area is 330 Å². The highest BCUT2D eigenvalue weighted by Crippen LogP contribution is 2.31. The van der Waals surface area contributed by atoms with Crippen LogP contribution in [0.3, 0.4) is 0 Å². The zero-order valence-electron chi connectivity index (χ0n) is 29.0. The van der Waals surface area contributed by atoms with Crippen LogP contribution in [0.4, 0.5) is 87.8 Å². The van der Waals surface area contributed by atoms with Gasteiger partial charge in [-0.1, -0.05) is 53.8 Å². The molecule has 0 aliphatic carbocycles. The molecule has 0 aliphatic rings. The van der Waals surface area contributed by atoms with E-state index in [4.69, 9.17) is 0 Å². The van der Waals surface area contributed by atoms with Gasteiger partial charge in [-0.3, -0.25) is 0 Å². The first-order chi connectivity index (χ1) is 28.6. The average molecular weight is 905 g/mol. The zero-order chi connectivity index (χ0) is 45.2. The number of hydrogen-bond donors (Lipinski definition) is 0. The van der Waals surface area contributed by atoms with Crippen molar-refractivity contribution in [2.75, 3.05) is 0 Å². The first-order valence-corrected chi connectivity index (χ1v) is 17.2. The maximum absolute atomic E-state index is 15.4. The minimum atomic E-state index is -7.22. The highest BCUT2D eigenvalue weighted by molar-refractivity contribution is 7.20. The van der Waals surface area contributed by atoms with E-state index >= 15 is 35.1 Å². The minimum absolute atomic E-state index is 0.949. The molecule has 318 valence electrons. The topological polar surface area (TPSA) is 3.88 Å². The monoisotopic (exact) mass is 905 g/mol. The predicted octanol–water partition coefficient (Wildman–Crippen LogP) is 9.08. The van der Waals surface area contributed by atoms with Gasteiger partial charge in [-0.05, 0) is 10.8 Å². The summed E-state index contributed by atoms with van der Waals surface area (Å²) in [6.07, 6.45) is -5.10. The number of thiazole rings is 1. The summed E-state index contributed by atoms with van der Waals surface area (Å²) in [5, 5.41) is 4.77. The van der Waals surface area contributed by atoms with Gasteiger partial charge in [0.25, 0.3) is 0 Å². The van der Waals surface area contributed by atoms with Crippen molar-refractivity contribution >= 4 is 50.1 Å². The van der Waals surface area contributed by atoms with Crippen molar-refractivity contribution in [1.82, 2.24) is 0 Å². The van der Waals surface area contributed by atoms with Gasteiger partial charge in [-0.2, -0.15) is 4.57 Å². The summed E-state index contributed by atoms with van der Waals surface area (Å²) in [6.45, 7) is 0.949. The van der Waals surface area contributed by atoms with E-state index in [1.54, 1.807) is 11.3 Å². The fraction of sp³-hybridized carbons (Fsp3) is 0.0263. The van der Waals surface area contributed by atoms with Crippen LogP contribution in [0.5, 0.6) is 0 Å². The van der Waals surface area contributed by atoms with Crippen LogP contribution < -0.4 is 26.4 Å². The lowest BCUT2D eigenvalue weighted by atomic mass is 9.12. The lowest BCUT2D eigenvalue weighted by Gasteiger charge is -2.44. The van der Waals surface area contributed by atoms with Crippen molar-refractivity contribution < 1.29 is 92.4 Å². The Hall–Kier alpha value is -6.13. The van der Waals surface area contributed by atoms with Crippen molar-refractivity contribution in [1.29, 1.82) is 0 Å². The standard InChI is InChI=1S/C24BF20.C14H12NS/c26-5-1(6(27)14(35)21(42)13(5)34)25(2-7(28)15(36)22(43)16(37)8(2)29,3-9(30)17(38)23(44)18(39)10(3)31)4-11(32)19(40)24(45)20(41)12(4)33;1-2-7-14-12(4-1)5-3-6-13(14)10-15-8-9-16-11-15/h;1-9,11H,10H2/q-1;+1. The molecule has 7 rings (SSSR count). The molecule has 1 heterocycles. The smallest absolute Gasteiger partial charge is 0.207 e. The van der Waals surface area contributed by atoms with Crippen LogP contribution in [0.2, 0.25) is 0 Å². The molecule has 0 fully saturated rings. The van der Waals surface area contributed by atoms with Gasteiger partial charge in [0, 0.05) is 5.56 Å². The van der Waals surface area contributed by atoms with E-state index in [2.05, 4.69) is 64.1 Å². The Morgan fingerprint density at radius 1 is 0.361 bits per heavy atom. The van der Waals surface area contributed by atoms with Gasteiger partial charge >= 0.3 is 0 Å². The Morgan fingerprint density at radius 3 is 0.967 bits per heavy atom.